The second-order valence-corrected chi connectivity index (χ2v) is 6.55. The summed E-state index contributed by atoms with van der Waals surface area (Å²) in [5.41, 5.74) is 0. The number of unbranched alkanes of at least 4 members (excludes halogenated alkanes) is 3. The number of rotatable bonds is 11. The maximum absolute atomic E-state index is 11.0. The normalized spacial score (nSPS) is 11.4. The fourth-order valence-electron chi connectivity index (χ4n) is 1.23. The Balaban J connectivity index is 3.19. The molecule has 7 heteroatoms. The van der Waals surface area contributed by atoms with Crippen molar-refractivity contribution in [3.63, 3.8) is 0 Å². The number of thioether (sulfide) groups is 1. The molecule has 0 aromatic carbocycles. The topological polar surface area (TPSA) is 69.7 Å². The van der Waals surface area contributed by atoms with Gasteiger partial charge in [0.2, 0.25) is 0 Å². The zero-order valence-corrected chi connectivity index (χ0v) is 12.6. The first kappa shape index (κ1) is 17.7. The van der Waals surface area contributed by atoms with Crippen molar-refractivity contribution in [2.75, 3.05) is 31.0 Å². The van der Waals surface area contributed by atoms with Crippen molar-refractivity contribution in [1.29, 1.82) is 0 Å². The Hall–Kier alpha value is -0.270. The van der Waals surface area contributed by atoms with Gasteiger partial charge in [0.15, 0.2) is 0 Å². The maximum Gasteiger partial charge on any atom is 0.315 e. The van der Waals surface area contributed by atoms with Crippen LogP contribution in [0.25, 0.3) is 0 Å². The largest absolute Gasteiger partial charge is 0.465 e. The highest BCUT2D eigenvalue weighted by atomic mass is 32.2. The van der Waals surface area contributed by atoms with Crippen LogP contribution in [0.15, 0.2) is 0 Å². The van der Waals surface area contributed by atoms with Crippen molar-refractivity contribution >= 4 is 27.8 Å². The Morgan fingerprint density at radius 1 is 1.17 bits per heavy atom. The number of carbonyl (C=O) groups excluding carboxylic acids is 1. The summed E-state index contributed by atoms with van der Waals surface area (Å²) >= 11 is 1.57. The van der Waals surface area contributed by atoms with Crippen LogP contribution in [0.4, 0.5) is 0 Å². The third-order valence-electron chi connectivity index (χ3n) is 2.01. The molecule has 0 aromatic rings. The van der Waals surface area contributed by atoms with Crippen molar-refractivity contribution in [2.45, 2.75) is 32.6 Å². The van der Waals surface area contributed by atoms with Crippen LogP contribution >= 0.6 is 11.8 Å². The van der Waals surface area contributed by atoms with E-state index in [0.717, 1.165) is 37.7 Å². The van der Waals surface area contributed by atoms with Crippen LogP contribution < -0.4 is 0 Å². The summed E-state index contributed by atoms with van der Waals surface area (Å²) in [5, 5.41) is 0. The molecule has 0 aromatic heterocycles. The molecule has 0 unspecified atom stereocenters. The minimum absolute atomic E-state index is 0.163. The van der Waals surface area contributed by atoms with Gasteiger partial charge in [-0.25, -0.2) is 0 Å². The summed E-state index contributed by atoms with van der Waals surface area (Å²) in [5.74, 6) is 1.17. The molecule has 18 heavy (non-hydrogen) atoms. The summed E-state index contributed by atoms with van der Waals surface area (Å²) < 4.78 is 30.7. The van der Waals surface area contributed by atoms with Crippen LogP contribution in [0.3, 0.4) is 0 Å². The molecule has 0 N–H and O–H groups in total. The van der Waals surface area contributed by atoms with Crippen molar-refractivity contribution in [3.8, 4) is 0 Å². The maximum atomic E-state index is 11.0. The van der Waals surface area contributed by atoms with Crippen LogP contribution in [0, 0.1) is 0 Å². The molecule has 0 saturated heterocycles. The van der Waals surface area contributed by atoms with Crippen LogP contribution in [0.5, 0.6) is 0 Å². The summed E-state index contributed by atoms with van der Waals surface area (Å²) in [6.45, 7) is 2.48. The van der Waals surface area contributed by atoms with Gasteiger partial charge in [-0.1, -0.05) is 12.8 Å². The Morgan fingerprint density at radius 3 is 2.44 bits per heavy atom. The average Bonchev–Trinajstić information content (AvgIpc) is 2.25. The number of hydrogen-bond donors (Lipinski definition) is 0. The second kappa shape index (κ2) is 10.6. The third-order valence-corrected chi connectivity index (χ3v) is 3.62. The van der Waals surface area contributed by atoms with Gasteiger partial charge in [-0.15, -0.1) is 0 Å². The van der Waals surface area contributed by atoms with E-state index in [4.69, 9.17) is 4.74 Å². The van der Waals surface area contributed by atoms with E-state index >= 15 is 0 Å². The summed E-state index contributed by atoms with van der Waals surface area (Å²) in [4.78, 5) is 11.0. The molecule has 0 rings (SSSR count). The van der Waals surface area contributed by atoms with Crippen LogP contribution in [0.2, 0.25) is 0 Å². The molecule has 0 aliphatic carbocycles. The van der Waals surface area contributed by atoms with Crippen molar-refractivity contribution < 1.29 is 22.1 Å². The van der Waals surface area contributed by atoms with E-state index in [2.05, 4.69) is 4.18 Å². The summed E-state index contributed by atoms with van der Waals surface area (Å²) in [6, 6.07) is 0. The molecule has 0 bridgehead atoms. The van der Waals surface area contributed by atoms with Gasteiger partial charge in [0, 0.05) is 0 Å². The van der Waals surface area contributed by atoms with Gasteiger partial charge < -0.3 is 4.74 Å². The van der Waals surface area contributed by atoms with Crippen LogP contribution in [-0.4, -0.2) is 45.4 Å². The van der Waals surface area contributed by atoms with Gasteiger partial charge in [-0.05, 0) is 25.5 Å². The highest BCUT2D eigenvalue weighted by molar-refractivity contribution is 7.99. The third kappa shape index (κ3) is 13.8. The van der Waals surface area contributed by atoms with E-state index in [9.17, 15) is 13.2 Å². The molecule has 108 valence electrons. The molecular formula is C11H22O5S2. The van der Waals surface area contributed by atoms with Gasteiger partial charge in [0.05, 0.1) is 25.2 Å². The fraction of sp³-hybridized carbons (Fsp3) is 0.909. The molecule has 0 aliphatic rings. The van der Waals surface area contributed by atoms with Crippen molar-refractivity contribution in [1.82, 2.24) is 0 Å². The predicted octanol–water partition coefficient (Wildman–Crippen LogP) is 1.82. The first-order valence-electron chi connectivity index (χ1n) is 6.03. The van der Waals surface area contributed by atoms with Gasteiger partial charge >= 0.3 is 5.97 Å². The quantitative estimate of drug-likeness (QED) is 0.329. The van der Waals surface area contributed by atoms with Gasteiger partial charge in [0.25, 0.3) is 10.1 Å². The van der Waals surface area contributed by atoms with E-state index in [1.807, 2.05) is 0 Å². The van der Waals surface area contributed by atoms with Gasteiger partial charge in [0.1, 0.15) is 0 Å². The van der Waals surface area contributed by atoms with Crippen LogP contribution in [-0.2, 0) is 23.8 Å². The fourth-order valence-corrected chi connectivity index (χ4v) is 2.45. The number of esters is 1. The standard InChI is InChI=1S/C11H22O5S2/c1-3-15-11(12)10-17-9-7-5-4-6-8-16-18(2,13)14/h3-10H2,1-2H3. The zero-order chi connectivity index (χ0) is 13.9. The SMILES string of the molecule is CCOC(=O)CSCCCCCCOS(C)(=O)=O. The lowest BCUT2D eigenvalue weighted by Crippen LogP contribution is -2.07. The molecule has 0 heterocycles. The van der Waals surface area contributed by atoms with E-state index < -0.39 is 10.1 Å². The Kier molecular flexibility index (Phi) is 10.5. The van der Waals surface area contributed by atoms with Gasteiger partial charge in [-0.3, -0.25) is 8.98 Å². The summed E-state index contributed by atoms with van der Waals surface area (Å²) in [6.07, 6.45) is 4.77. The average molecular weight is 298 g/mol. The highest BCUT2D eigenvalue weighted by Gasteiger charge is 2.02. The number of hydrogen-bond acceptors (Lipinski definition) is 6. The minimum atomic E-state index is -3.30. The molecule has 5 nitrogen and oxygen atoms in total. The lowest BCUT2D eigenvalue weighted by Gasteiger charge is -2.03. The minimum Gasteiger partial charge on any atom is -0.465 e. The predicted molar refractivity (Wildman–Crippen MR) is 73.2 cm³/mol. The van der Waals surface area contributed by atoms with E-state index in [1.165, 1.54) is 0 Å². The molecule has 0 spiro atoms. The molecule has 0 amide bonds. The molecule has 0 atom stereocenters. The smallest absolute Gasteiger partial charge is 0.315 e. The van der Waals surface area contributed by atoms with Crippen LogP contribution in [0.1, 0.15) is 32.6 Å². The lowest BCUT2D eigenvalue weighted by atomic mass is 10.2. The van der Waals surface area contributed by atoms with E-state index in [1.54, 1.807) is 18.7 Å². The molecule has 0 radical (unpaired) electrons. The number of carbonyl (C=O) groups is 1. The first-order valence-corrected chi connectivity index (χ1v) is 9.00. The molecule has 0 aliphatic heterocycles. The molecule has 0 fully saturated rings. The summed E-state index contributed by atoms with van der Waals surface area (Å²) in [7, 11) is -3.30. The van der Waals surface area contributed by atoms with Crippen molar-refractivity contribution in [3.05, 3.63) is 0 Å². The molecular weight excluding hydrogens is 276 g/mol. The first-order chi connectivity index (χ1) is 8.45. The Bertz CT molecular complexity index is 313. The van der Waals surface area contributed by atoms with Crippen molar-refractivity contribution in [2.24, 2.45) is 0 Å². The highest BCUT2D eigenvalue weighted by Crippen LogP contribution is 2.08. The van der Waals surface area contributed by atoms with E-state index in [0.29, 0.717) is 12.4 Å². The van der Waals surface area contributed by atoms with E-state index in [-0.39, 0.29) is 12.6 Å². The number of ether oxygens (including phenoxy) is 1. The Morgan fingerprint density at radius 2 is 1.83 bits per heavy atom. The molecule has 0 saturated carbocycles. The monoisotopic (exact) mass is 298 g/mol. The second-order valence-electron chi connectivity index (χ2n) is 3.80. The lowest BCUT2D eigenvalue weighted by molar-refractivity contribution is -0.139. The zero-order valence-electron chi connectivity index (χ0n) is 11.0. The Labute approximate surface area is 114 Å². The van der Waals surface area contributed by atoms with Gasteiger partial charge in [-0.2, -0.15) is 20.2 Å².